The predicted octanol–water partition coefficient (Wildman–Crippen LogP) is 12.9. The number of benzene rings is 8. The minimum absolute atomic E-state index is 0.563. The molecule has 0 spiro atoms. The van der Waals surface area contributed by atoms with E-state index in [1.54, 1.807) is 0 Å². The molecule has 0 aliphatic heterocycles. The molecule has 0 amide bonds. The standard InChI is InChI=1S/C49H31N3O/c1-3-13-32(14-4-1)33-25-27-35(28-26-33)40-30-29-34-15-7-8-20-39(34)45(40)37-18-11-19-38(31-37)48-50-47(36-16-5-2-6-17-36)51-49(52-48)43-23-12-22-42-41-21-9-10-24-44(41)53-46(42)43/h1-31H. The third-order valence-corrected chi connectivity index (χ3v) is 9.95. The second-order valence-corrected chi connectivity index (χ2v) is 13.2. The molecule has 0 radical (unpaired) electrons. The SMILES string of the molecule is c1ccc(-c2ccc(-c3ccc4ccccc4c3-c3cccc(-c4nc(-c5ccccc5)nc(-c5cccc6c5oc5ccccc56)n4)c3)cc2)cc1. The Kier molecular flexibility index (Phi) is 7.43. The van der Waals surface area contributed by atoms with Crippen LogP contribution in [0.4, 0.5) is 0 Å². The summed E-state index contributed by atoms with van der Waals surface area (Å²) in [6.07, 6.45) is 0. The lowest BCUT2D eigenvalue weighted by molar-refractivity contribution is 0.669. The smallest absolute Gasteiger partial charge is 0.167 e. The van der Waals surface area contributed by atoms with Gasteiger partial charge in [0.05, 0.1) is 5.56 Å². The van der Waals surface area contributed by atoms with E-state index in [4.69, 9.17) is 19.4 Å². The van der Waals surface area contributed by atoms with Crippen LogP contribution in [0.1, 0.15) is 0 Å². The molecule has 2 heterocycles. The van der Waals surface area contributed by atoms with E-state index in [-0.39, 0.29) is 0 Å². The van der Waals surface area contributed by atoms with Crippen molar-refractivity contribution in [2.24, 2.45) is 0 Å². The number of aromatic nitrogens is 3. The molecule has 53 heavy (non-hydrogen) atoms. The Balaban J connectivity index is 1.15. The maximum absolute atomic E-state index is 6.43. The number of fused-ring (bicyclic) bond motifs is 4. The van der Waals surface area contributed by atoms with Crippen LogP contribution in [-0.4, -0.2) is 15.0 Å². The number of hydrogen-bond donors (Lipinski definition) is 0. The maximum Gasteiger partial charge on any atom is 0.167 e. The van der Waals surface area contributed by atoms with Gasteiger partial charge < -0.3 is 4.42 Å². The fraction of sp³-hybridized carbons (Fsp3) is 0. The Morgan fingerprint density at radius 2 is 0.887 bits per heavy atom. The first-order chi connectivity index (χ1) is 26.3. The summed E-state index contributed by atoms with van der Waals surface area (Å²) in [6.45, 7) is 0. The zero-order valence-corrected chi connectivity index (χ0v) is 28.6. The molecule has 4 heteroatoms. The van der Waals surface area contributed by atoms with Gasteiger partial charge in [-0.15, -0.1) is 0 Å². The Labute approximate surface area is 306 Å². The first kappa shape index (κ1) is 30.6. The van der Waals surface area contributed by atoms with Gasteiger partial charge in [-0.3, -0.25) is 0 Å². The van der Waals surface area contributed by atoms with Crippen LogP contribution in [-0.2, 0) is 0 Å². The summed E-state index contributed by atoms with van der Waals surface area (Å²) in [7, 11) is 0. The second-order valence-electron chi connectivity index (χ2n) is 13.2. The van der Waals surface area contributed by atoms with Crippen LogP contribution in [0.5, 0.6) is 0 Å². The monoisotopic (exact) mass is 677 g/mol. The van der Waals surface area contributed by atoms with Crippen LogP contribution in [0.3, 0.4) is 0 Å². The first-order valence-corrected chi connectivity index (χ1v) is 17.8. The lowest BCUT2D eigenvalue weighted by Crippen LogP contribution is -2.00. The van der Waals surface area contributed by atoms with E-state index in [1.807, 2.05) is 60.7 Å². The summed E-state index contributed by atoms with van der Waals surface area (Å²) in [4.78, 5) is 15.3. The summed E-state index contributed by atoms with van der Waals surface area (Å²) >= 11 is 0. The van der Waals surface area contributed by atoms with Crippen molar-refractivity contribution >= 4 is 32.7 Å². The maximum atomic E-state index is 6.43. The van der Waals surface area contributed by atoms with E-state index in [0.29, 0.717) is 17.5 Å². The molecule has 248 valence electrons. The molecule has 0 saturated carbocycles. The number of para-hydroxylation sites is 2. The van der Waals surface area contributed by atoms with Crippen LogP contribution in [0.25, 0.3) is 100 Å². The zero-order valence-electron chi connectivity index (χ0n) is 28.6. The molecular weight excluding hydrogens is 647 g/mol. The first-order valence-electron chi connectivity index (χ1n) is 17.8. The van der Waals surface area contributed by atoms with E-state index in [9.17, 15) is 0 Å². The molecule has 0 fully saturated rings. The van der Waals surface area contributed by atoms with E-state index in [1.165, 1.54) is 33.0 Å². The average Bonchev–Trinajstić information content (AvgIpc) is 3.63. The number of hydrogen-bond acceptors (Lipinski definition) is 4. The lowest BCUT2D eigenvalue weighted by atomic mass is 9.88. The van der Waals surface area contributed by atoms with Crippen LogP contribution >= 0.6 is 0 Å². The van der Waals surface area contributed by atoms with Gasteiger partial charge >= 0.3 is 0 Å². The van der Waals surface area contributed by atoms with Crippen molar-refractivity contribution in [2.75, 3.05) is 0 Å². The van der Waals surface area contributed by atoms with Crippen molar-refractivity contribution in [1.29, 1.82) is 0 Å². The molecule has 10 rings (SSSR count). The Morgan fingerprint density at radius 1 is 0.321 bits per heavy atom. The van der Waals surface area contributed by atoms with Gasteiger partial charge in [-0.05, 0) is 62.4 Å². The summed E-state index contributed by atoms with van der Waals surface area (Å²) in [6, 6.07) is 65.3. The normalized spacial score (nSPS) is 11.4. The second kappa shape index (κ2) is 12.9. The van der Waals surface area contributed by atoms with Crippen LogP contribution < -0.4 is 0 Å². The van der Waals surface area contributed by atoms with Gasteiger partial charge in [0.1, 0.15) is 11.2 Å². The van der Waals surface area contributed by atoms with Crippen molar-refractivity contribution in [2.45, 2.75) is 0 Å². The average molecular weight is 678 g/mol. The van der Waals surface area contributed by atoms with Gasteiger partial charge in [-0.25, -0.2) is 15.0 Å². The highest BCUT2D eigenvalue weighted by Gasteiger charge is 2.19. The van der Waals surface area contributed by atoms with E-state index in [0.717, 1.165) is 49.8 Å². The fourth-order valence-corrected chi connectivity index (χ4v) is 7.37. The Morgan fingerprint density at radius 3 is 1.70 bits per heavy atom. The van der Waals surface area contributed by atoms with Crippen molar-refractivity contribution < 1.29 is 4.42 Å². The summed E-state index contributed by atoms with van der Waals surface area (Å²) < 4.78 is 6.43. The molecule has 0 aliphatic rings. The van der Waals surface area contributed by atoms with Gasteiger partial charge in [-0.1, -0.05) is 170 Å². The molecule has 0 unspecified atom stereocenters. The molecule has 0 bridgehead atoms. The van der Waals surface area contributed by atoms with E-state index < -0.39 is 0 Å². The van der Waals surface area contributed by atoms with Crippen molar-refractivity contribution in [3.05, 3.63) is 188 Å². The van der Waals surface area contributed by atoms with Gasteiger partial charge in [-0.2, -0.15) is 0 Å². The number of furan rings is 1. The van der Waals surface area contributed by atoms with Gasteiger partial charge in [0, 0.05) is 21.9 Å². The quantitative estimate of drug-likeness (QED) is 0.176. The van der Waals surface area contributed by atoms with Crippen LogP contribution in [0.15, 0.2) is 192 Å². The number of rotatable bonds is 6. The zero-order chi connectivity index (χ0) is 35.1. The summed E-state index contributed by atoms with van der Waals surface area (Å²) in [5.74, 6) is 1.76. The van der Waals surface area contributed by atoms with Crippen molar-refractivity contribution in [1.82, 2.24) is 15.0 Å². The third kappa shape index (κ3) is 5.54. The highest BCUT2D eigenvalue weighted by molar-refractivity contribution is 6.09. The fourth-order valence-electron chi connectivity index (χ4n) is 7.37. The van der Waals surface area contributed by atoms with Crippen molar-refractivity contribution in [3.63, 3.8) is 0 Å². The predicted molar refractivity (Wildman–Crippen MR) is 217 cm³/mol. The van der Waals surface area contributed by atoms with Gasteiger partial charge in [0.15, 0.2) is 17.5 Å². The minimum Gasteiger partial charge on any atom is -0.455 e. The topological polar surface area (TPSA) is 51.8 Å². The minimum atomic E-state index is 0.563. The molecule has 0 atom stereocenters. The van der Waals surface area contributed by atoms with Crippen LogP contribution in [0, 0.1) is 0 Å². The number of nitrogens with zero attached hydrogens (tertiary/aromatic N) is 3. The van der Waals surface area contributed by atoms with E-state index in [2.05, 4.69) is 127 Å². The molecule has 8 aromatic carbocycles. The molecule has 0 saturated heterocycles. The highest BCUT2D eigenvalue weighted by Crippen LogP contribution is 2.41. The van der Waals surface area contributed by atoms with Gasteiger partial charge in [0.2, 0.25) is 0 Å². The molecular formula is C49H31N3O. The molecule has 10 aromatic rings. The molecule has 4 nitrogen and oxygen atoms in total. The molecule has 2 aromatic heterocycles. The molecule has 0 N–H and O–H groups in total. The largest absolute Gasteiger partial charge is 0.455 e. The lowest BCUT2D eigenvalue weighted by Gasteiger charge is -2.16. The van der Waals surface area contributed by atoms with Crippen LogP contribution in [0.2, 0.25) is 0 Å². The summed E-state index contributed by atoms with van der Waals surface area (Å²) in [5, 5.41) is 4.47. The third-order valence-electron chi connectivity index (χ3n) is 9.95. The van der Waals surface area contributed by atoms with E-state index >= 15 is 0 Å². The molecule has 0 aliphatic carbocycles. The highest BCUT2D eigenvalue weighted by atomic mass is 16.3. The van der Waals surface area contributed by atoms with Crippen molar-refractivity contribution in [3.8, 4) is 67.5 Å². The Hall–Kier alpha value is -7.17. The van der Waals surface area contributed by atoms with Gasteiger partial charge in [0.25, 0.3) is 0 Å². The Bertz CT molecular complexity index is 2930. The summed E-state index contributed by atoms with van der Waals surface area (Å²) in [5.41, 5.74) is 11.2.